The van der Waals surface area contributed by atoms with E-state index in [1.54, 1.807) is 19.1 Å². The Morgan fingerprint density at radius 2 is 2.15 bits per heavy atom. The standard InChI is InChI=1S/C13H12Cl2N2O3/c1-3-20-10(18)6-17-7(2)11-9(16-13(17)19)5-4-8(14)12(11)15/h4-5H,2-3,6H2,1H3,(H,16,19). The summed E-state index contributed by atoms with van der Waals surface area (Å²) in [6.45, 7) is 5.51. The number of nitrogens with zero attached hydrogens (tertiary/aromatic N) is 1. The molecular weight excluding hydrogens is 303 g/mol. The van der Waals surface area contributed by atoms with Gasteiger partial charge in [-0.3, -0.25) is 9.69 Å². The highest BCUT2D eigenvalue weighted by Crippen LogP contribution is 2.39. The molecule has 1 aromatic rings. The number of carbonyl (C=O) groups excluding carboxylic acids is 2. The lowest BCUT2D eigenvalue weighted by atomic mass is 10.1. The van der Waals surface area contributed by atoms with Crippen molar-refractivity contribution in [3.63, 3.8) is 0 Å². The van der Waals surface area contributed by atoms with Crippen LogP contribution in [0, 0.1) is 0 Å². The van der Waals surface area contributed by atoms with E-state index < -0.39 is 12.0 Å². The molecule has 1 heterocycles. The van der Waals surface area contributed by atoms with Crippen LogP contribution in [0.3, 0.4) is 0 Å². The second kappa shape index (κ2) is 5.73. The summed E-state index contributed by atoms with van der Waals surface area (Å²) >= 11 is 12.1. The summed E-state index contributed by atoms with van der Waals surface area (Å²) in [5, 5.41) is 3.26. The third-order valence-electron chi connectivity index (χ3n) is 2.79. The number of rotatable bonds is 3. The molecule has 0 fully saturated rings. The van der Waals surface area contributed by atoms with Crippen molar-refractivity contribution in [3.8, 4) is 0 Å². The van der Waals surface area contributed by atoms with Crippen LogP contribution in [-0.2, 0) is 9.53 Å². The second-order valence-electron chi connectivity index (χ2n) is 4.05. The van der Waals surface area contributed by atoms with Crippen LogP contribution in [0.1, 0.15) is 12.5 Å². The number of benzene rings is 1. The van der Waals surface area contributed by atoms with Gasteiger partial charge < -0.3 is 10.1 Å². The number of esters is 1. The predicted molar refractivity (Wildman–Crippen MR) is 77.9 cm³/mol. The van der Waals surface area contributed by atoms with Gasteiger partial charge in [0.05, 0.1) is 22.3 Å². The number of hydrogen-bond acceptors (Lipinski definition) is 3. The quantitative estimate of drug-likeness (QED) is 0.870. The van der Waals surface area contributed by atoms with Crippen molar-refractivity contribution < 1.29 is 14.3 Å². The van der Waals surface area contributed by atoms with E-state index in [4.69, 9.17) is 27.9 Å². The monoisotopic (exact) mass is 314 g/mol. The van der Waals surface area contributed by atoms with Gasteiger partial charge in [0.25, 0.3) is 0 Å². The Morgan fingerprint density at radius 1 is 1.45 bits per heavy atom. The van der Waals surface area contributed by atoms with Crippen LogP contribution in [0.5, 0.6) is 0 Å². The second-order valence-corrected chi connectivity index (χ2v) is 4.84. The fourth-order valence-electron chi connectivity index (χ4n) is 1.88. The fraction of sp³-hybridized carbons (Fsp3) is 0.231. The van der Waals surface area contributed by atoms with E-state index in [1.165, 1.54) is 4.90 Å². The zero-order valence-corrected chi connectivity index (χ0v) is 12.2. The molecule has 106 valence electrons. The lowest BCUT2D eigenvalue weighted by molar-refractivity contribution is -0.143. The molecule has 0 bridgehead atoms. The number of fused-ring (bicyclic) bond motifs is 1. The number of carbonyl (C=O) groups is 2. The molecule has 0 aromatic heterocycles. The first-order chi connectivity index (χ1) is 9.45. The largest absolute Gasteiger partial charge is 0.465 e. The summed E-state index contributed by atoms with van der Waals surface area (Å²) in [6.07, 6.45) is 0. The molecule has 1 N–H and O–H groups in total. The molecule has 0 radical (unpaired) electrons. The van der Waals surface area contributed by atoms with E-state index in [2.05, 4.69) is 11.9 Å². The summed E-state index contributed by atoms with van der Waals surface area (Å²) in [4.78, 5) is 24.7. The van der Waals surface area contributed by atoms with Gasteiger partial charge in [0.2, 0.25) is 0 Å². The highest BCUT2D eigenvalue weighted by atomic mass is 35.5. The molecule has 1 aliphatic heterocycles. The van der Waals surface area contributed by atoms with Crippen molar-refractivity contribution in [2.24, 2.45) is 0 Å². The van der Waals surface area contributed by atoms with Crippen LogP contribution >= 0.6 is 23.2 Å². The molecule has 1 aromatic carbocycles. The number of ether oxygens (including phenoxy) is 1. The number of halogens is 2. The SMILES string of the molecule is C=C1c2c(ccc(Cl)c2Cl)NC(=O)N1CC(=O)OCC. The van der Waals surface area contributed by atoms with Gasteiger partial charge in [-0.05, 0) is 19.1 Å². The van der Waals surface area contributed by atoms with Crippen LogP contribution in [0.4, 0.5) is 10.5 Å². The number of urea groups is 1. The van der Waals surface area contributed by atoms with Gasteiger partial charge in [-0.15, -0.1) is 0 Å². The Balaban J connectivity index is 2.35. The van der Waals surface area contributed by atoms with E-state index in [0.717, 1.165) is 0 Å². The first-order valence-electron chi connectivity index (χ1n) is 5.87. The van der Waals surface area contributed by atoms with Crippen molar-refractivity contribution >= 4 is 46.6 Å². The van der Waals surface area contributed by atoms with Crippen molar-refractivity contribution in [1.82, 2.24) is 4.90 Å². The Morgan fingerprint density at radius 3 is 2.80 bits per heavy atom. The maximum atomic E-state index is 12.0. The van der Waals surface area contributed by atoms with Crippen LogP contribution in [0.15, 0.2) is 18.7 Å². The van der Waals surface area contributed by atoms with Crippen molar-refractivity contribution in [2.45, 2.75) is 6.92 Å². The molecule has 1 aliphatic rings. The fourth-order valence-corrected chi connectivity index (χ4v) is 2.31. The minimum atomic E-state index is -0.523. The van der Waals surface area contributed by atoms with E-state index in [1.807, 2.05) is 0 Å². The molecule has 7 heteroatoms. The first kappa shape index (κ1) is 14.7. The highest BCUT2D eigenvalue weighted by Gasteiger charge is 2.30. The van der Waals surface area contributed by atoms with Crippen LogP contribution in [0.2, 0.25) is 10.0 Å². The smallest absolute Gasteiger partial charge is 0.326 e. The van der Waals surface area contributed by atoms with E-state index >= 15 is 0 Å². The summed E-state index contributed by atoms with van der Waals surface area (Å²) in [6, 6.07) is 2.75. The molecule has 0 spiro atoms. The minimum absolute atomic E-state index is 0.235. The predicted octanol–water partition coefficient (Wildman–Crippen LogP) is 3.37. The van der Waals surface area contributed by atoms with Crippen molar-refractivity contribution in [2.75, 3.05) is 18.5 Å². The third-order valence-corrected chi connectivity index (χ3v) is 3.59. The number of hydrogen-bond donors (Lipinski definition) is 1. The Bertz CT molecular complexity index is 602. The Hall–Kier alpha value is -1.72. The summed E-state index contributed by atoms with van der Waals surface area (Å²) in [7, 11) is 0. The summed E-state index contributed by atoms with van der Waals surface area (Å²) < 4.78 is 4.82. The zero-order chi connectivity index (χ0) is 14.9. The average molecular weight is 315 g/mol. The van der Waals surface area contributed by atoms with Crippen molar-refractivity contribution in [3.05, 3.63) is 34.3 Å². The third kappa shape index (κ3) is 2.59. The molecule has 2 rings (SSSR count). The van der Waals surface area contributed by atoms with Gasteiger partial charge in [0, 0.05) is 11.3 Å². The molecule has 0 atom stereocenters. The number of amides is 2. The van der Waals surface area contributed by atoms with Gasteiger partial charge in [-0.1, -0.05) is 29.8 Å². The Kier molecular flexibility index (Phi) is 4.20. The normalized spacial score (nSPS) is 13.8. The molecule has 0 saturated heterocycles. The zero-order valence-electron chi connectivity index (χ0n) is 10.7. The van der Waals surface area contributed by atoms with Crippen molar-refractivity contribution in [1.29, 1.82) is 0 Å². The van der Waals surface area contributed by atoms with Crippen LogP contribution in [-0.4, -0.2) is 30.1 Å². The molecule has 2 amide bonds. The van der Waals surface area contributed by atoms with Gasteiger partial charge in [-0.2, -0.15) is 0 Å². The molecule has 20 heavy (non-hydrogen) atoms. The first-order valence-corrected chi connectivity index (χ1v) is 6.62. The lowest BCUT2D eigenvalue weighted by Crippen LogP contribution is -2.41. The van der Waals surface area contributed by atoms with E-state index in [9.17, 15) is 9.59 Å². The topological polar surface area (TPSA) is 58.6 Å². The maximum absolute atomic E-state index is 12.0. The van der Waals surface area contributed by atoms with Gasteiger partial charge in [0.1, 0.15) is 6.54 Å². The Labute approximate surface area is 126 Å². The maximum Gasteiger partial charge on any atom is 0.326 e. The summed E-state index contributed by atoms with van der Waals surface area (Å²) in [5.74, 6) is -0.523. The van der Waals surface area contributed by atoms with Gasteiger partial charge in [-0.25, -0.2) is 4.79 Å². The van der Waals surface area contributed by atoms with E-state index in [-0.39, 0.29) is 18.2 Å². The molecule has 0 saturated carbocycles. The number of nitrogens with one attached hydrogen (secondary N) is 1. The average Bonchev–Trinajstić information content (AvgIpc) is 2.39. The van der Waals surface area contributed by atoms with Crippen LogP contribution in [0.25, 0.3) is 5.70 Å². The van der Waals surface area contributed by atoms with Gasteiger partial charge in [0.15, 0.2) is 0 Å². The van der Waals surface area contributed by atoms with Gasteiger partial charge >= 0.3 is 12.0 Å². The molecule has 5 nitrogen and oxygen atoms in total. The molecule has 0 unspecified atom stereocenters. The van der Waals surface area contributed by atoms with Crippen LogP contribution < -0.4 is 5.32 Å². The van der Waals surface area contributed by atoms with E-state index in [0.29, 0.717) is 22.0 Å². The number of anilines is 1. The molecular formula is C13H12Cl2N2O3. The highest BCUT2D eigenvalue weighted by molar-refractivity contribution is 6.43. The summed E-state index contributed by atoms with van der Waals surface area (Å²) in [5.41, 5.74) is 1.32. The lowest BCUT2D eigenvalue weighted by Gasteiger charge is -2.31. The molecule has 0 aliphatic carbocycles. The minimum Gasteiger partial charge on any atom is -0.465 e.